The van der Waals surface area contributed by atoms with Crippen LogP contribution in [0.25, 0.3) is 11.4 Å². The predicted octanol–water partition coefficient (Wildman–Crippen LogP) is 1.61. The zero-order chi connectivity index (χ0) is 13.8. The average molecular weight is 262 g/mol. The topological polar surface area (TPSA) is 98.8 Å². The van der Waals surface area contributed by atoms with Crippen LogP contribution in [-0.2, 0) is 7.05 Å². The summed E-state index contributed by atoms with van der Waals surface area (Å²) in [5, 5.41) is 18.1. The molecule has 100 valence electrons. The lowest BCUT2D eigenvalue weighted by molar-refractivity contribution is -0.384. The minimum atomic E-state index is -0.506. The number of aromatic nitrogens is 4. The lowest BCUT2D eigenvalue weighted by Crippen LogP contribution is -2.06. The first kappa shape index (κ1) is 12.9. The Bertz CT molecular complexity index is 595. The van der Waals surface area contributed by atoms with Gasteiger partial charge in [-0.1, -0.05) is 6.92 Å². The van der Waals surface area contributed by atoms with E-state index < -0.39 is 4.92 Å². The fourth-order valence-electron chi connectivity index (χ4n) is 1.56. The zero-order valence-corrected chi connectivity index (χ0v) is 10.7. The van der Waals surface area contributed by atoms with Crippen molar-refractivity contribution >= 4 is 11.6 Å². The molecule has 0 atom stereocenters. The van der Waals surface area contributed by atoms with Gasteiger partial charge in [-0.05, 0) is 12.5 Å². The summed E-state index contributed by atoms with van der Waals surface area (Å²) in [5.74, 6) is 0.369. The minimum Gasteiger partial charge on any atom is -0.354 e. The second-order valence-corrected chi connectivity index (χ2v) is 3.99. The number of rotatable bonds is 5. The maximum atomic E-state index is 11.0. The molecule has 2 aromatic rings. The molecule has 0 aromatic carbocycles. The summed E-state index contributed by atoms with van der Waals surface area (Å²) in [6.45, 7) is 2.72. The highest BCUT2D eigenvalue weighted by atomic mass is 16.6. The molecule has 0 spiro atoms. The molecule has 0 aliphatic carbocycles. The van der Waals surface area contributed by atoms with Crippen molar-refractivity contribution in [2.45, 2.75) is 13.3 Å². The van der Waals surface area contributed by atoms with Gasteiger partial charge in [-0.15, -0.1) is 0 Å². The van der Waals surface area contributed by atoms with Gasteiger partial charge >= 0.3 is 5.69 Å². The van der Waals surface area contributed by atoms with Crippen molar-refractivity contribution in [3.63, 3.8) is 0 Å². The summed E-state index contributed by atoms with van der Waals surface area (Å²) < 4.78 is 1.57. The van der Waals surface area contributed by atoms with E-state index in [1.54, 1.807) is 24.0 Å². The highest BCUT2D eigenvalue weighted by Crippen LogP contribution is 2.26. The van der Waals surface area contributed by atoms with Crippen molar-refractivity contribution in [1.82, 2.24) is 19.7 Å². The van der Waals surface area contributed by atoms with Crippen LogP contribution in [-0.4, -0.2) is 31.2 Å². The van der Waals surface area contributed by atoms with Crippen molar-refractivity contribution in [3.05, 3.63) is 28.6 Å². The molecule has 1 N–H and O–H groups in total. The van der Waals surface area contributed by atoms with Crippen LogP contribution >= 0.6 is 0 Å². The van der Waals surface area contributed by atoms with Crippen LogP contribution in [0.1, 0.15) is 13.3 Å². The number of hydrogen-bond acceptors (Lipinski definition) is 6. The molecular formula is C11H14N6O2. The molecular weight excluding hydrogens is 248 g/mol. The monoisotopic (exact) mass is 262 g/mol. The quantitative estimate of drug-likeness (QED) is 0.649. The number of nitro groups is 1. The molecule has 0 aliphatic heterocycles. The van der Waals surface area contributed by atoms with E-state index in [4.69, 9.17) is 0 Å². The second-order valence-electron chi connectivity index (χ2n) is 3.99. The van der Waals surface area contributed by atoms with Crippen LogP contribution in [0.5, 0.6) is 0 Å². The largest absolute Gasteiger partial charge is 0.354 e. The van der Waals surface area contributed by atoms with E-state index in [1.165, 1.54) is 6.20 Å². The molecule has 19 heavy (non-hydrogen) atoms. The summed E-state index contributed by atoms with van der Waals surface area (Å²) in [4.78, 5) is 18.6. The third-order valence-electron chi connectivity index (χ3n) is 2.46. The highest BCUT2D eigenvalue weighted by molar-refractivity contribution is 5.66. The fourth-order valence-corrected chi connectivity index (χ4v) is 1.56. The Labute approximate surface area is 109 Å². The number of hydrogen-bond donors (Lipinski definition) is 1. The Kier molecular flexibility index (Phi) is 3.69. The van der Waals surface area contributed by atoms with Gasteiger partial charge < -0.3 is 5.32 Å². The Balaban J connectivity index is 2.44. The summed E-state index contributed by atoms with van der Waals surface area (Å²) >= 11 is 0. The molecule has 0 aliphatic rings. The molecule has 0 saturated heterocycles. The van der Waals surface area contributed by atoms with Crippen LogP contribution in [0, 0.1) is 10.1 Å². The van der Waals surface area contributed by atoms with Crippen LogP contribution < -0.4 is 5.32 Å². The van der Waals surface area contributed by atoms with Gasteiger partial charge in [0.05, 0.1) is 4.92 Å². The Morgan fingerprint density at radius 3 is 2.89 bits per heavy atom. The van der Waals surface area contributed by atoms with Crippen molar-refractivity contribution in [3.8, 4) is 11.4 Å². The smallest absolute Gasteiger partial charge is 0.315 e. The van der Waals surface area contributed by atoms with Crippen molar-refractivity contribution in [2.24, 2.45) is 7.05 Å². The average Bonchev–Trinajstić information content (AvgIpc) is 2.82. The van der Waals surface area contributed by atoms with E-state index >= 15 is 0 Å². The number of anilines is 1. The fraction of sp³-hybridized carbons (Fsp3) is 0.364. The van der Waals surface area contributed by atoms with Gasteiger partial charge in [-0.2, -0.15) is 5.10 Å². The van der Waals surface area contributed by atoms with E-state index in [1.807, 2.05) is 6.92 Å². The third kappa shape index (κ3) is 2.84. The van der Waals surface area contributed by atoms with Gasteiger partial charge in [0.2, 0.25) is 5.95 Å². The summed E-state index contributed by atoms with van der Waals surface area (Å²) in [6.07, 6.45) is 3.83. The number of aryl methyl sites for hydroxylation is 1. The van der Waals surface area contributed by atoms with Crippen molar-refractivity contribution < 1.29 is 4.92 Å². The van der Waals surface area contributed by atoms with E-state index in [9.17, 15) is 10.1 Å². The van der Waals surface area contributed by atoms with Gasteiger partial charge in [-0.25, -0.2) is 9.97 Å². The van der Waals surface area contributed by atoms with Crippen LogP contribution in [0.15, 0.2) is 18.5 Å². The van der Waals surface area contributed by atoms with E-state index in [0.717, 1.165) is 6.42 Å². The first-order valence-electron chi connectivity index (χ1n) is 5.87. The Morgan fingerprint density at radius 2 is 2.32 bits per heavy atom. The summed E-state index contributed by atoms with van der Waals surface area (Å²) in [7, 11) is 1.74. The van der Waals surface area contributed by atoms with Gasteiger partial charge in [0.15, 0.2) is 5.69 Å². The molecule has 0 bridgehead atoms. The Morgan fingerprint density at radius 1 is 1.53 bits per heavy atom. The number of nitrogens with one attached hydrogen (secondary N) is 1. The molecule has 0 radical (unpaired) electrons. The van der Waals surface area contributed by atoms with Crippen LogP contribution in [0.3, 0.4) is 0 Å². The second kappa shape index (κ2) is 5.42. The van der Waals surface area contributed by atoms with E-state index in [2.05, 4.69) is 20.4 Å². The molecule has 2 rings (SSSR count). The summed E-state index contributed by atoms with van der Waals surface area (Å²) in [6, 6.07) is 1.68. The molecule has 2 aromatic heterocycles. The lowest BCUT2D eigenvalue weighted by atomic mass is 10.2. The lowest BCUT2D eigenvalue weighted by Gasteiger charge is -2.04. The van der Waals surface area contributed by atoms with Crippen molar-refractivity contribution in [1.29, 1.82) is 0 Å². The molecule has 0 fully saturated rings. The van der Waals surface area contributed by atoms with E-state index in [0.29, 0.717) is 18.2 Å². The van der Waals surface area contributed by atoms with Crippen molar-refractivity contribution in [2.75, 3.05) is 11.9 Å². The predicted molar refractivity (Wildman–Crippen MR) is 69.7 cm³/mol. The van der Waals surface area contributed by atoms with Crippen LogP contribution in [0.4, 0.5) is 11.6 Å². The molecule has 0 saturated carbocycles. The maximum Gasteiger partial charge on any atom is 0.315 e. The maximum absolute atomic E-state index is 11.0. The minimum absolute atomic E-state index is 0.152. The van der Waals surface area contributed by atoms with E-state index in [-0.39, 0.29) is 11.4 Å². The van der Waals surface area contributed by atoms with Gasteiger partial charge in [0.1, 0.15) is 11.9 Å². The van der Waals surface area contributed by atoms with Gasteiger partial charge in [0.25, 0.3) is 0 Å². The van der Waals surface area contributed by atoms with Gasteiger partial charge in [0, 0.05) is 19.8 Å². The Hall–Kier alpha value is -2.51. The molecule has 8 heteroatoms. The highest BCUT2D eigenvalue weighted by Gasteiger charge is 2.20. The SMILES string of the molecule is CCCNc1ncc([N+](=O)[O-])c(-c2ccn(C)n2)n1. The standard InChI is InChI=1S/C11H14N6O2/c1-3-5-12-11-13-7-9(17(18)19)10(14-11)8-4-6-16(2)15-8/h4,6-7H,3,5H2,1-2H3,(H,12,13,14). The normalized spacial score (nSPS) is 10.4. The first-order valence-corrected chi connectivity index (χ1v) is 5.87. The first-order chi connectivity index (χ1) is 9.11. The molecule has 0 unspecified atom stereocenters. The molecule has 0 amide bonds. The third-order valence-corrected chi connectivity index (χ3v) is 2.46. The van der Waals surface area contributed by atoms with Crippen LogP contribution in [0.2, 0.25) is 0 Å². The molecule has 8 nitrogen and oxygen atoms in total. The molecule has 2 heterocycles. The summed E-state index contributed by atoms with van der Waals surface area (Å²) in [5.41, 5.74) is 0.524. The van der Waals surface area contributed by atoms with Gasteiger partial charge in [-0.3, -0.25) is 14.8 Å². The number of nitrogens with zero attached hydrogens (tertiary/aromatic N) is 5. The zero-order valence-electron chi connectivity index (χ0n) is 10.7.